The van der Waals surface area contributed by atoms with Crippen molar-refractivity contribution < 1.29 is 9.53 Å². The lowest BCUT2D eigenvalue weighted by atomic mass is 9.92. The lowest BCUT2D eigenvalue weighted by Gasteiger charge is -2.28. The number of aromatic nitrogens is 3. The topological polar surface area (TPSA) is 69.0 Å². The first-order chi connectivity index (χ1) is 10.1. The molecule has 1 aromatic heterocycles. The summed E-state index contributed by atoms with van der Waals surface area (Å²) < 4.78 is 7.15. The molecule has 1 aliphatic heterocycles. The molecule has 1 atom stereocenters. The molecule has 1 N–H and O–H groups in total. The quantitative estimate of drug-likeness (QED) is 0.935. The van der Waals surface area contributed by atoms with Crippen LogP contribution in [0.3, 0.4) is 0 Å². The van der Waals surface area contributed by atoms with E-state index >= 15 is 0 Å². The van der Waals surface area contributed by atoms with Crippen molar-refractivity contribution in [3.05, 3.63) is 47.4 Å². The van der Waals surface area contributed by atoms with Gasteiger partial charge in [-0.2, -0.15) is 10.1 Å². The number of hydrogen-bond acceptors (Lipinski definition) is 5. The number of allylic oxidation sites excluding steroid dienone is 2. The van der Waals surface area contributed by atoms with Crippen LogP contribution in [0.25, 0.3) is 0 Å². The zero-order valence-corrected chi connectivity index (χ0v) is 12.1. The Morgan fingerprint density at radius 3 is 2.86 bits per heavy atom. The Morgan fingerprint density at radius 2 is 2.14 bits per heavy atom. The summed E-state index contributed by atoms with van der Waals surface area (Å²) in [6, 6.07) is 7.30. The lowest BCUT2D eigenvalue weighted by molar-refractivity contribution is -0.114. The normalized spacial score (nSPS) is 17.2. The number of carbonyl (C=O) groups is 1. The maximum absolute atomic E-state index is 12.1. The number of benzene rings is 1. The van der Waals surface area contributed by atoms with E-state index in [4.69, 9.17) is 4.74 Å². The number of nitrogens with zero attached hydrogens (tertiary/aromatic N) is 3. The van der Waals surface area contributed by atoms with Gasteiger partial charge in [-0.25, -0.2) is 4.68 Å². The number of fused-ring (bicyclic) bond motifs is 1. The molecule has 108 valence electrons. The predicted molar refractivity (Wildman–Crippen MR) is 78.2 cm³/mol. The molecule has 6 nitrogen and oxygen atoms in total. The van der Waals surface area contributed by atoms with E-state index < -0.39 is 0 Å². The monoisotopic (exact) mass is 284 g/mol. The van der Waals surface area contributed by atoms with Gasteiger partial charge in [-0.3, -0.25) is 4.79 Å². The highest BCUT2D eigenvalue weighted by atomic mass is 16.5. The first-order valence-corrected chi connectivity index (χ1v) is 6.64. The Morgan fingerprint density at radius 1 is 1.38 bits per heavy atom. The van der Waals surface area contributed by atoms with Gasteiger partial charge in [0, 0.05) is 16.8 Å². The fourth-order valence-corrected chi connectivity index (χ4v) is 2.73. The summed E-state index contributed by atoms with van der Waals surface area (Å²) >= 11 is 0. The SMILES string of the molecule is COc1ccccc1C1C(C(C)=O)=C(C)Nc2ncnn21. The molecule has 0 fully saturated rings. The standard InChI is InChI=1S/C15H16N4O2/c1-9-13(10(2)20)14(19-15(18-9)16-8-17-19)11-6-4-5-7-12(11)21-3/h4-8,14H,1-3H3,(H,16,17,18). The molecule has 0 spiro atoms. The predicted octanol–water partition coefficient (Wildman–Crippen LogP) is 2.16. The van der Waals surface area contributed by atoms with Crippen molar-refractivity contribution in [2.24, 2.45) is 0 Å². The van der Waals surface area contributed by atoms with Crippen LogP contribution in [0.4, 0.5) is 5.95 Å². The van der Waals surface area contributed by atoms with Gasteiger partial charge in [0.15, 0.2) is 5.78 Å². The number of carbonyl (C=O) groups excluding carboxylic acids is 1. The van der Waals surface area contributed by atoms with Crippen molar-refractivity contribution in [3.63, 3.8) is 0 Å². The van der Waals surface area contributed by atoms with Crippen molar-refractivity contribution in [1.29, 1.82) is 0 Å². The number of nitrogens with one attached hydrogen (secondary N) is 1. The summed E-state index contributed by atoms with van der Waals surface area (Å²) in [5.41, 5.74) is 2.34. The lowest BCUT2D eigenvalue weighted by Crippen LogP contribution is -2.28. The molecular formula is C15H16N4O2. The largest absolute Gasteiger partial charge is 0.496 e. The molecule has 0 aliphatic carbocycles. The zero-order valence-electron chi connectivity index (χ0n) is 12.1. The van der Waals surface area contributed by atoms with Gasteiger partial charge in [-0.15, -0.1) is 0 Å². The molecule has 0 radical (unpaired) electrons. The van der Waals surface area contributed by atoms with E-state index in [1.165, 1.54) is 6.33 Å². The van der Waals surface area contributed by atoms with Crippen molar-refractivity contribution in [3.8, 4) is 5.75 Å². The highest BCUT2D eigenvalue weighted by Gasteiger charge is 2.33. The molecule has 6 heteroatoms. The van der Waals surface area contributed by atoms with Gasteiger partial charge in [-0.1, -0.05) is 18.2 Å². The van der Waals surface area contributed by atoms with Gasteiger partial charge < -0.3 is 10.1 Å². The van der Waals surface area contributed by atoms with Gasteiger partial charge in [-0.05, 0) is 19.9 Å². The van der Waals surface area contributed by atoms with Gasteiger partial charge in [0.25, 0.3) is 0 Å². The van der Waals surface area contributed by atoms with Crippen LogP contribution in [0, 0.1) is 0 Å². The Kier molecular flexibility index (Phi) is 3.21. The average molecular weight is 284 g/mol. The summed E-state index contributed by atoms with van der Waals surface area (Å²) in [6.07, 6.45) is 1.47. The number of anilines is 1. The molecular weight excluding hydrogens is 268 g/mol. The van der Waals surface area contributed by atoms with Gasteiger partial charge in [0.2, 0.25) is 5.95 Å². The fourth-order valence-electron chi connectivity index (χ4n) is 2.73. The third kappa shape index (κ3) is 2.08. The fraction of sp³-hybridized carbons (Fsp3) is 0.267. The Balaban J connectivity index is 2.25. The second-order valence-corrected chi connectivity index (χ2v) is 4.89. The molecule has 0 amide bonds. The van der Waals surface area contributed by atoms with Crippen LogP contribution in [0.15, 0.2) is 41.9 Å². The number of methoxy groups -OCH3 is 1. The van der Waals surface area contributed by atoms with Crippen LogP contribution in [0.5, 0.6) is 5.75 Å². The highest BCUT2D eigenvalue weighted by Crippen LogP contribution is 2.38. The van der Waals surface area contributed by atoms with Crippen LogP contribution in [-0.2, 0) is 4.79 Å². The zero-order chi connectivity index (χ0) is 15.0. The Bertz CT molecular complexity index is 733. The molecule has 3 rings (SSSR count). The minimum absolute atomic E-state index is 0.00273. The molecule has 21 heavy (non-hydrogen) atoms. The van der Waals surface area contributed by atoms with E-state index in [-0.39, 0.29) is 11.8 Å². The molecule has 2 aromatic rings. The third-order valence-electron chi connectivity index (χ3n) is 3.61. The molecule has 0 saturated carbocycles. The molecule has 1 unspecified atom stereocenters. The van der Waals surface area contributed by atoms with Crippen molar-refractivity contribution in [1.82, 2.24) is 14.8 Å². The second-order valence-electron chi connectivity index (χ2n) is 4.89. The van der Waals surface area contributed by atoms with Crippen molar-refractivity contribution >= 4 is 11.7 Å². The van der Waals surface area contributed by atoms with Gasteiger partial charge >= 0.3 is 0 Å². The van der Waals surface area contributed by atoms with Crippen LogP contribution in [0.2, 0.25) is 0 Å². The first-order valence-electron chi connectivity index (χ1n) is 6.64. The highest BCUT2D eigenvalue weighted by molar-refractivity contribution is 5.96. The maximum atomic E-state index is 12.1. The average Bonchev–Trinajstić information content (AvgIpc) is 2.93. The summed E-state index contributed by atoms with van der Waals surface area (Å²) in [7, 11) is 1.62. The van der Waals surface area contributed by atoms with E-state index in [1.807, 2.05) is 31.2 Å². The summed E-state index contributed by atoms with van der Waals surface area (Å²) in [5.74, 6) is 1.34. The summed E-state index contributed by atoms with van der Waals surface area (Å²) in [4.78, 5) is 16.3. The summed E-state index contributed by atoms with van der Waals surface area (Å²) in [5, 5.41) is 7.37. The van der Waals surface area contributed by atoms with Crippen molar-refractivity contribution in [2.45, 2.75) is 19.9 Å². The minimum atomic E-state index is -0.336. The number of ether oxygens (including phenoxy) is 1. The number of Topliss-reactive ketones (excluding diaryl/α,β-unsaturated/α-hetero) is 1. The van der Waals surface area contributed by atoms with Gasteiger partial charge in [0.05, 0.1) is 7.11 Å². The third-order valence-corrected chi connectivity index (χ3v) is 3.61. The van der Waals surface area contributed by atoms with E-state index in [9.17, 15) is 4.79 Å². The van der Waals surface area contributed by atoms with Crippen LogP contribution in [0.1, 0.15) is 25.5 Å². The van der Waals surface area contributed by atoms with Crippen LogP contribution < -0.4 is 10.1 Å². The molecule has 2 heterocycles. The Hall–Kier alpha value is -2.63. The first kappa shape index (κ1) is 13.4. The van der Waals surface area contributed by atoms with E-state index in [2.05, 4.69) is 15.4 Å². The second kappa shape index (κ2) is 5.05. The van der Waals surface area contributed by atoms with E-state index in [0.717, 1.165) is 17.0 Å². The van der Waals surface area contributed by atoms with Gasteiger partial charge in [0.1, 0.15) is 18.1 Å². The number of para-hydroxylation sites is 1. The number of ketones is 1. The molecule has 1 aromatic carbocycles. The number of hydrogen-bond donors (Lipinski definition) is 1. The molecule has 0 bridgehead atoms. The van der Waals surface area contributed by atoms with Crippen LogP contribution >= 0.6 is 0 Å². The van der Waals surface area contributed by atoms with Crippen LogP contribution in [-0.4, -0.2) is 27.7 Å². The van der Waals surface area contributed by atoms with Crippen molar-refractivity contribution in [2.75, 3.05) is 12.4 Å². The summed E-state index contributed by atoms with van der Waals surface area (Å²) in [6.45, 7) is 3.43. The van der Waals surface area contributed by atoms with E-state index in [1.54, 1.807) is 18.7 Å². The maximum Gasteiger partial charge on any atom is 0.226 e. The molecule has 0 saturated heterocycles. The number of rotatable bonds is 3. The minimum Gasteiger partial charge on any atom is -0.496 e. The van der Waals surface area contributed by atoms with E-state index in [0.29, 0.717) is 11.5 Å². The Labute approximate surface area is 122 Å². The molecule has 1 aliphatic rings. The smallest absolute Gasteiger partial charge is 0.226 e.